The van der Waals surface area contributed by atoms with E-state index >= 15 is 0 Å². The molecule has 0 aromatic rings. The van der Waals surface area contributed by atoms with Crippen molar-refractivity contribution < 1.29 is 4.39 Å². The Morgan fingerprint density at radius 1 is 1.89 bits per heavy atom. The van der Waals surface area contributed by atoms with E-state index in [9.17, 15) is 4.39 Å². The van der Waals surface area contributed by atoms with Crippen molar-refractivity contribution in [1.82, 2.24) is 9.91 Å². The van der Waals surface area contributed by atoms with E-state index in [4.69, 9.17) is 5.26 Å². The van der Waals surface area contributed by atoms with E-state index < -0.39 is 6.42 Å². The van der Waals surface area contributed by atoms with Crippen molar-refractivity contribution in [2.75, 3.05) is 7.05 Å². The van der Waals surface area contributed by atoms with Crippen LogP contribution in [0, 0.1) is 11.5 Å². The summed E-state index contributed by atoms with van der Waals surface area (Å²) in [5.41, 5.74) is 0. The van der Waals surface area contributed by atoms with Crippen LogP contribution in [0.4, 0.5) is 4.39 Å². The van der Waals surface area contributed by atoms with E-state index in [0.29, 0.717) is 0 Å². The van der Waals surface area contributed by atoms with Crippen molar-refractivity contribution in [3.05, 3.63) is 0 Å². The number of rotatable bonds is 0. The summed E-state index contributed by atoms with van der Waals surface area (Å²) in [5.74, 6) is 0. The largest absolute Gasteiger partial charge is 0.277 e. The molecule has 1 unspecified atom stereocenters. The molecule has 0 aromatic carbocycles. The second kappa shape index (κ2) is 1.90. The lowest BCUT2D eigenvalue weighted by molar-refractivity contribution is 0.0621. The molecule has 1 aliphatic rings. The predicted octanol–water partition coefficient (Wildman–Crippen LogP) is -0.0887. The molecule has 0 radical (unpaired) electrons. The summed E-state index contributed by atoms with van der Waals surface area (Å²) in [7, 11) is 1.46. The fourth-order valence-corrected chi connectivity index (χ4v) is 0.501. The molecule has 5 heteroatoms. The summed E-state index contributed by atoms with van der Waals surface area (Å²) >= 11 is 0. The van der Waals surface area contributed by atoms with Crippen LogP contribution in [0.15, 0.2) is 5.10 Å². The molecule has 0 aromatic heterocycles. The molecular weight excluding hydrogens is 123 g/mol. The molecule has 0 N–H and O–H groups in total. The van der Waals surface area contributed by atoms with Crippen molar-refractivity contribution >= 4 is 6.34 Å². The first-order chi connectivity index (χ1) is 4.25. The highest BCUT2D eigenvalue weighted by Gasteiger charge is 2.23. The summed E-state index contributed by atoms with van der Waals surface area (Å²) in [6, 6.07) is 0. The zero-order valence-electron chi connectivity index (χ0n) is 4.82. The highest BCUT2D eigenvalue weighted by molar-refractivity contribution is 5.58. The number of hydrogen-bond acceptors (Lipinski definition) is 4. The molecule has 9 heavy (non-hydrogen) atoms. The quantitative estimate of drug-likeness (QED) is 0.338. The molecule has 0 fully saturated rings. The number of alkyl halides is 1. The maximum absolute atomic E-state index is 12.5. The molecule has 1 rings (SSSR count). The zero-order valence-corrected chi connectivity index (χ0v) is 4.82. The van der Waals surface area contributed by atoms with E-state index in [1.54, 1.807) is 6.19 Å². The van der Waals surface area contributed by atoms with E-state index in [1.165, 1.54) is 7.05 Å². The predicted molar refractivity (Wildman–Crippen MR) is 28.6 cm³/mol. The minimum atomic E-state index is -1.42. The minimum Gasteiger partial charge on any atom is -0.247 e. The number of hydrazone groups is 1. The van der Waals surface area contributed by atoms with E-state index in [0.717, 1.165) is 16.2 Å². The zero-order chi connectivity index (χ0) is 6.85. The Labute approximate surface area is 51.8 Å². The van der Waals surface area contributed by atoms with Crippen molar-refractivity contribution in [2.24, 2.45) is 5.10 Å². The van der Waals surface area contributed by atoms with Crippen LogP contribution in [0.5, 0.6) is 0 Å². The molecule has 0 bridgehead atoms. The Hall–Kier alpha value is -1.31. The highest BCUT2D eigenvalue weighted by Crippen LogP contribution is 2.08. The molecule has 0 spiro atoms. The molecule has 48 valence electrons. The summed E-state index contributed by atoms with van der Waals surface area (Å²) in [4.78, 5) is 0.819. The van der Waals surface area contributed by atoms with Gasteiger partial charge in [0.25, 0.3) is 6.42 Å². The second-order valence-electron chi connectivity index (χ2n) is 1.62. The van der Waals surface area contributed by atoms with Crippen LogP contribution in [0.2, 0.25) is 0 Å². The lowest BCUT2D eigenvalue weighted by Gasteiger charge is -2.12. The maximum Gasteiger partial charge on any atom is 0.277 e. The Morgan fingerprint density at radius 3 is 2.78 bits per heavy atom. The van der Waals surface area contributed by atoms with Crippen LogP contribution < -0.4 is 0 Å². The summed E-state index contributed by atoms with van der Waals surface area (Å²) in [6.45, 7) is 0. The Morgan fingerprint density at radius 2 is 2.56 bits per heavy atom. The monoisotopic (exact) mass is 128 g/mol. The molecule has 1 atom stereocenters. The Kier molecular flexibility index (Phi) is 1.23. The maximum atomic E-state index is 12.5. The van der Waals surface area contributed by atoms with Gasteiger partial charge in [-0.25, -0.2) is 9.91 Å². The molecule has 0 amide bonds. The van der Waals surface area contributed by atoms with Gasteiger partial charge in [-0.05, 0) is 0 Å². The van der Waals surface area contributed by atoms with Crippen LogP contribution in [-0.2, 0) is 0 Å². The molecule has 0 aliphatic carbocycles. The van der Waals surface area contributed by atoms with Crippen molar-refractivity contribution in [1.29, 1.82) is 5.26 Å². The standard InChI is InChI=1S/C4H5FN4/c1-8-4(5)9(2-6)3-7-8/h3-4H,1H3. The van der Waals surface area contributed by atoms with Crippen LogP contribution in [0.25, 0.3) is 0 Å². The van der Waals surface area contributed by atoms with E-state index in [-0.39, 0.29) is 0 Å². The molecule has 0 saturated heterocycles. The first-order valence-electron chi connectivity index (χ1n) is 2.35. The van der Waals surface area contributed by atoms with Gasteiger partial charge < -0.3 is 0 Å². The van der Waals surface area contributed by atoms with Gasteiger partial charge >= 0.3 is 0 Å². The van der Waals surface area contributed by atoms with Crippen molar-refractivity contribution in [3.8, 4) is 6.19 Å². The number of nitriles is 1. The van der Waals surface area contributed by atoms with Gasteiger partial charge in [0.05, 0.1) is 0 Å². The van der Waals surface area contributed by atoms with Gasteiger partial charge in [-0.3, -0.25) is 0 Å². The molecule has 1 heterocycles. The van der Waals surface area contributed by atoms with Gasteiger partial charge in [0.15, 0.2) is 6.19 Å². The first-order valence-corrected chi connectivity index (χ1v) is 2.35. The van der Waals surface area contributed by atoms with Crippen LogP contribution >= 0.6 is 0 Å². The van der Waals surface area contributed by atoms with Crippen LogP contribution in [0.1, 0.15) is 0 Å². The van der Waals surface area contributed by atoms with Gasteiger partial charge in [0, 0.05) is 7.05 Å². The average Bonchev–Trinajstić information content (AvgIpc) is 2.15. The lowest BCUT2D eigenvalue weighted by atomic mass is 10.8. The molecule has 1 aliphatic heterocycles. The Bertz CT molecular complexity index is 172. The van der Waals surface area contributed by atoms with Crippen molar-refractivity contribution in [2.45, 2.75) is 6.42 Å². The van der Waals surface area contributed by atoms with Gasteiger partial charge in [0.2, 0.25) is 0 Å². The lowest BCUT2D eigenvalue weighted by Crippen LogP contribution is -2.29. The third-order valence-electron chi connectivity index (χ3n) is 1.01. The molecule has 4 nitrogen and oxygen atoms in total. The van der Waals surface area contributed by atoms with Gasteiger partial charge in [-0.2, -0.15) is 14.8 Å². The van der Waals surface area contributed by atoms with Gasteiger partial charge in [-0.15, -0.1) is 0 Å². The Balaban J connectivity index is 2.65. The van der Waals surface area contributed by atoms with Crippen LogP contribution in [-0.4, -0.2) is 29.7 Å². The summed E-state index contributed by atoms with van der Waals surface area (Å²) in [5, 5.41) is 12.7. The van der Waals surface area contributed by atoms with E-state index in [1.807, 2.05) is 0 Å². The number of halogens is 1. The van der Waals surface area contributed by atoms with Gasteiger partial charge in [0.1, 0.15) is 6.34 Å². The average molecular weight is 128 g/mol. The van der Waals surface area contributed by atoms with Gasteiger partial charge in [-0.1, -0.05) is 0 Å². The third kappa shape index (κ3) is 0.785. The summed E-state index contributed by atoms with van der Waals surface area (Å²) < 4.78 is 12.5. The fraction of sp³-hybridized carbons (Fsp3) is 0.500. The van der Waals surface area contributed by atoms with Crippen molar-refractivity contribution in [3.63, 3.8) is 0 Å². The van der Waals surface area contributed by atoms with Crippen LogP contribution in [0.3, 0.4) is 0 Å². The molecular formula is C4H5FN4. The first kappa shape index (κ1) is 5.82. The number of hydrogen-bond donors (Lipinski definition) is 0. The van der Waals surface area contributed by atoms with E-state index in [2.05, 4.69) is 5.10 Å². The topological polar surface area (TPSA) is 42.6 Å². The second-order valence-corrected chi connectivity index (χ2v) is 1.62. The summed E-state index contributed by atoms with van der Waals surface area (Å²) in [6.07, 6.45) is 1.33. The SMILES string of the molecule is CN1N=CN(C#N)C1F. The third-order valence-corrected chi connectivity index (χ3v) is 1.01. The highest BCUT2D eigenvalue weighted by atomic mass is 19.1. The number of nitrogens with zero attached hydrogens (tertiary/aromatic N) is 4. The molecule has 0 saturated carbocycles. The smallest absolute Gasteiger partial charge is 0.247 e. The normalized spacial score (nSPS) is 24.8. The fourth-order valence-electron chi connectivity index (χ4n) is 0.501. The minimum absolute atomic E-state index is 0.819.